The van der Waals surface area contributed by atoms with Crippen molar-refractivity contribution in [1.29, 1.82) is 0 Å². The standard InChI is InChI=1S/C16H25Si/c1-4-5-6-7-10-13-16(2,3)14-11-8-9-12-15(14)17/h8-9,11-12H,4-7,10,13H2,1-3H3. The van der Waals surface area contributed by atoms with Crippen LogP contribution in [0.4, 0.5) is 0 Å². The fraction of sp³-hybridized carbons (Fsp3) is 0.625. The van der Waals surface area contributed by atoms with Crippen LogP contribution < -0.4 is 5.19 Å². The molecule has 0 nitrogen and oxygen atoms in total. The summed E-state index contributed by atoms with van der Waals surface area (Å²) in [5.74, 6) is 0. The molecule has 0 amide bonds. The minimum Gasteiger partial charge on any atom is -0.0654 e. The lowest BCUT2D eigenvalue weighted by molar-refractivity contribution is 0.446. The Morgan fingerprint density at radius 2 is 1.65 bits per heavy atom. The van der Waals surface area contributed by atoms with Crippen LogP contribution in [-0.2, 0) is 5.41 Å². The Morgan fingerprint density at radius 1 is 1.00 bits per heavy atom. The Balaban J connectivity index is 2.48. The highest BCUT2D eigenvalue weighted by Crippen LogP contribution is 2.27. The number of benzene rings is 1. The Bertz CT molecular complexity index is 328. The average molecular weight is 245 g/mol. The molecule has 93 valence electrons. The van der Waals surface area contributed by atoms with Crippen LogP contribution in [0.2, 0.25) is 0 Å². The summed E-state index contributed by atoms with van der Waals surface area (Å²) in [6, 6.07) is 8.61. The molecule has 0 fully saturated rings. The van der Waals surface area contributed by atoms with Gasteiger partial charge in [0.05, 0.1) is 10.2 Å². The molecule has 17 heavy (non-hydrogen) atoms. The van der Waals surface area contributed by atoms with E-state index in [0.717, 1.165) is 0 Å². The molecule has 0 spiro atoms. The summed E-state index contributed by atoms with van der Waals surface area (Å²) in [5.41, 5.74) is 1.72. The Morgan fingerprint density at radius 3 is 2.29 bits per heavy atom. The van der Waals surface area contributed by atoms with Gasteiger partial charge in [-0.25, -0.2) is 0 Å². The SMILES string of the molecule is CCCCCCCC(C)(C)c1ccccc1[Si]. The van der Waals surface area contributed by atoms with Gasteiger partial charge in [0.15, 0.2) is 0 Å². The van der Waals surface area contributed by atoms with Crippen LogP contribution in [0.1, 0.15) is 64.9 Å². The van der Waals surface area contributed by atoms with E-state index in [4.69, 9.17) is 0 Å². The maximum absolute atomic E-state index is 3.72. The van der Waals surface area contributed by atoms with Gasteiger partial charge >= 0.3 is 0 Å². The van der Waals surface area contributed by atoms with Crippen LogP contribution >= 0.6 is 0 Å². The van der Waals surface area contributed by atoms with E-state index in [-0.39, 0.29) is 5.41 Å². The first-order valence-corrected chi connectivity index (χ1v) is 7.39. The van der Waals surface area contributed by atoms with Gasteiger partial charge in [-0.2, -0.15) is 0 Å². The molecule has 0 saturated carbocycles. The van der Waals surface area contributed by atoms with Gasteiger partial charge in [0.25, 0.3) is 0 Å². The summed E-state index contributed by atoms with van der Waals surface area (Å²) >= 11 is 0. The normalized spacial score (nSPS) is 11.8. The highest BCUT2D eigenvalue weighted by atomic mass is 28.1. The van der Waals surface area contributed by atoms with Crippen molar-refractivity contribution in [2.24, 2.45) is 0 Å². The second-order valence-corrected chi connectivity index (χ2v) is 6.13. The maximum atomic E-state index is 3.72. The summed E-state index contributed by atoms with van der Waals surface area (Å²) in [5, 5.41) is 1.24. The Labute approximate surface area is 110 Å². The first-order valence-electron chi connectivity index (χ1n) is 6.89. The Hall–Kier alpha value is -0.563. The van der Waals surface area contributed by atoms with Crippen LogP contribution in [0.3, 0.4) is 0 Å². The van der Waals surface area contributed by atoms with E-state index < -0.39 is 0 Å². The number of hydrogen-bond acceptors (Lipinski definition) is 0. The van der Waals surface area contributed by atoms with Gasteiger partial charge in [0.2, 0.25) is 0 Å². The molecule has 1 rings (SSSR count). The molecule has 0 saturated heterocycles. The van der Waals surface area contributed by atoms with Gasteiger partial charge in [-0.05, 0) is 17.4 Å². The first kappa shape index (κ1) is 14.5. The van der Waals surface area contributed by atoms with Crippen molar-refractivity contribution in [3.05, 3.63) is 29.8 Å². The fourth-order valence-electron chi connectivity index (χ4n) is 2.38. The number of unbranched alkanes of at least 4 members (excludes halogenated alkanes) is 4. The van der Waals surface area contributed by atoms with E-state index in [9.17, 15) is 0 Å². The Kier molecular flexibility index (Phi) is 5.97. The molecule has 1 heteroatoms. The largest absolute Gasteiger partial charge is 0.0716 e. The molecule has 0 aromatic heterocycles. The molecular formula is C16H25Si. The molecule has 0 aliphatic carbocycles. The summed E-state index contributed by atoms with van der Waals surface area (Å²) in [6.45, 7) is 6.97. The molecule has 0 unspecified atom stereocenters. The highest BCUT2D eigenvalue weighted by Gasteiger charge is 2.21. The van der Waals surface area contributed by atoms with E-state index in [1.54, 1.807) is 0 Å². The van der Waals surface area contributed by atoms with Gasteiger partial charge in [-0.15, -0.1) is 0 Å². The quantitative estimate of drug-likeness (QED) is 0.501. The number of rotatable bonds is 7. The van der Waals surface area contributed by atoms with Gasteiger partial charge < -0.3 is 0 Å². The van der Waals surface area contributed by atoms with E-state index in [1.165, 1.54) is 49.3 Å². The smallest absolute Gasteiger partial charge is 0.0654 e. The third-order valence-electron chi connectivity index (χ3n) is 3.56. The minimum atomic E-state index is 0.282. The molecular weight excluding hydrogens is 220 g/mol. The van der Waals surface area contributed by atoms with Crippen LogP contribution in [0.15, 0.2) is 24.3 Å². The van der Waals surface area contributed by atoms with Crippen LogP contribution in [-0.4, -0.2) is 10.2 Å². The number of hydrogen-bond donors (Lipinski definition) is 0. The zero-order chi connectivity index (χ0) is 12.7. The van der Waals surface area contributed by atoms with Gasteiger partial charge in [0.1, 0.15) is 0 Å². The zero-order valence-corrected chi connectivity index (χ0v) is 12.6. The molecule has 0 aliphatic rings. The van der Waals surface area contributed by atoms with Crippen LogP contribution in [0.5, 0.6) is 0 Å². The van der Waals surface area contributed by atoms with Crippen LogP contribution in [0, 0.1) is 0 Å². The van der Waals surface area contributed by atoms with E-state index >= 15 is 0 Å². The highest BCUT2D eigenvalue weighted by molar-refractivity contribution is 6.33. The van der Waals surface area contributed by atoms with E-state index in [1.807, 2.05) is 0 Å². The molecule has 1 aromatic rings. The van der Waals surface area contributed by atoms with E-state index in [0.29, 0.717) is 0 Å². The third-order valence-corrected chi connectivity index (χ3v) is 4.00. The monoisotopic (exact) mass is 245 g/mol. The average Bonchev–Trinajstić information content (AvgIpc) is 2.29. The van der Waals surface area contributed by atoms with Gasteiger partial charge in [0, 0.05) is 0 Å². The van der Waals surface area contributed by atoms with Crippen molar-refractivity contribution in [2.45, 2.75) is 64.7 Å². The fourth-order valence-corrected chi connectivity index (χ4v) is 2.90. The summed E-state index contributed by atoms with van der Waals surface area (Å²) in [7, 11) is 3.72. The third kappa shape index (κ3) is 4.67. The molecule has 0 heterocycles. The van der Waals surface area contributed by atoms with Crippen molar-refractivity contribution in [3.8, 4) is 0 Å². The molecule has 0 atom stereocenters. The van der Waals surface area contributed by atoms with E-state index in [2.05, 4.69) is 55.3 Å². The second kappa shape index (κ2) is 7.00. The molecule has 0 bridgehead atoms. The predicted molar refractivity (Wildman–Crippen MR) is 78.2 cm³/mol. The van der Waals surface area contributed by atoms with Crippen molar-refractivity contribution in [3.63, 3.8) is 0 Å². The summed E-state index contributed by atoms with van der Waals surface area (Å²) in [6.07, 6.45) is 8.09. The van der Waals surface area contributed by atoms with Crippen molar-refractivity contribution in [1.82, 2.24) is 0 Å². The van der Waals surface area contributed by atoms with Crippen LogP contribution in [0.25, 0.3) is 0 Å². The molecule has 0 aliphatic heterocycles. The maximum Gasteiger partial charge on any atom is 0.0716 e. The minimum absolute atomic E-state index is 0.282. The zero-order valence-electron chi connectivity index (χ0n) is 11.6. The lowest BCUT2D eigenvalue weighted by atomic mass is 9.80. The molecule has 1 aromatic carbocycles. The van der Waals surface area contributed by atoms with Crippen molar-refractivity contribution in [2.75, 3.05) is 0 Å². The van der Waals surface area contributed by atoms with Crippen molar-refractivity contribution < 1.29 is 0 Å². The summed E-state index contributed by atoms with van der Waals surface area (Å²) < 4.78 is 0. The molecule has 0 N–H and O–H groups in total. The second-order valence-electron chi connectivity index (χ2n) is 5.59. The predicted octanol–water partition coefficient (Wildman–Crippen LogP) is 4.12. The lowest BCUT2D eigenvalue weighted by Gasteiger charge is -2.27. The molecule has 3 radical (unpaired) electrons. The first-order chi connectivity index (χ1) is 8.08. The van der Waals surface area contributed by atoms with Gasteiger partial charge in [-0.3, -0.25) is 0 Å². The van der Waals surface area contributed by atoms with Crippen molar-refractivity contribution >= 4 is 15.4 Å². The lowest BCUT2D eigenvalue weighted by Crippen LogP contribution is -2.25. The summed E-state index contributed by atoms with van der Waals surface area (Å²) in [4.78, 5) is 0. The topological polar surface area (TPSA) is 0 Å². The van der Waals surface area contributed by atoms with Gasteiger partial charge in [-0.1, -0.05) is 82.3 Å².